The van der Waals surface area contributed by atoms with E-state index in [0.29, 0.717) is 32.2 Å². The highest BCUT2D eigenvalue weighted by molar-refractivity contribution is 6.66. The van der Waals surface area contributed by atoms with Gasteiger partial charge in [-0.2, -0.15) is 0 Å². The molecule has 2 atom stereocenters. The van der Waals surface area contributed by atoms with Gasteiger partial charge in [0.1, 0.15) is 5.78 Å². The molecule has 0 aliphatic heterocycles. The Bertz CT molecular complexity index is 372. The lowest BCUT2D eigenvalue weighted by Crippen LogP contribution is -2.40. The Balaban J connectivity index is 4.94. The molecular formula is C21H46O5Si2. The molecule has 0 spiro atoms. The van der Waals surface area contributed by atoms with Crippen LogP contribution in [0.2, 0.25) is 25.2 Å². The van der Waals surface area contributed by atoms with Crippen LogP contribution < -0.4 is 0 Å². The summed E-state index contributed by atoms with van der Waals surface area (Å²) in [6.07, 6.45) is 3.48. The summed E-state index contributed by atoms with van der Waals surface area (Å²) in [5.41, 5.74) is 0. The molecule has 0 amide bonds. The average molecular weight is 435 g/mol. The van der Waals surface area contributed by atoms with Crippen molar-refractivity contribution in [1.29, 1.82) is 0 Å². The first kappa shape index (κ1) is 27.9. The largest absolute Gasteiger partial charge is 0.395 e. The standard InChI is InChI=1S/C21H46O5Si2/c1-9-19(15-17-27(7,23-11-3)24-12-4)21(22)20(10-2)16-18-28(8,25-13-5)26-14-6/h19-20H,9-18H2,1-8H3. The van der Waals surface area contributed by atoms with Crippen molar-refractivity contribution in [2.45, 2.75) is 92.4 Å². The fourth-order valence-electron chi connectivity index (χ4n) is 3.89. The van der Waals surface area contributed by atoms with E-state index in [0.717, 1.165) is 37.8 Å². The molecule has 0 aromatic heterocycles. The molecule has 0 saturated carbocycles. The van der Waals surface area contributed by atoms with E-state index in [1.807, 2.05) is 27.7 Å². The molecule has 0 fully saturated rings. The summed E-state index contributed by atoms with van der Waals surface area (Å²) in [5, 5.41) is 0. The van der Waals surface area contributed by atoms with Gasteiger partial charge in [-0.15, -0.1) is 0 Å². The Morgan fingerprint density at radius 3 is 1.14 bits per heavy atom. The zero-order chi connectivity index (χ0) is 21.6. The van der Waals surface area contributed by atoms with Crippen LogP contribution in [-0.4, -0.2) is 49.3 Å². The van der Waals surface area contributed by atoms with Crippen molar-refractivity contribution in [3.8, 4) is 0 Å². The molecule has 2 unspecified atom stereocenters. The average Bonchev–Trinajstić information content (AvgIpc) is 2.63. The van der Waals surface area contributed by atoms with E-state index < -0.39 is 17.1 Å². The van der Waals surface area contributed by atoms with Gasteiger partial charge in [-0.1, -0.05) is 13.8 Å². The number of ketones is 1. The van der Waals surface area contributed by atoms with Gasteiger partial charge in [-0.05, 0) is 78.6 Å². The molecule has 0 aromatic carbocycles. The first-order valence-electron chi connectivity index (χ1n) is 11.3. The summed E-state index contributed by atoms with van der Waals surface area (Å²) in [6.45, 7) is 19.2. The summed E-state index contributed by atoms with van der Waals surface area (Å²) >= 11 is 0. The van der Waals surface area contributed by atoms with Gasteiger partial charge >= 0.3 is 17.1 Å². The molecule has 0 rings (SSSR count). The monoisotopic (exact) mass is 434 g/mol. The molecule has 5 nitrogen and oxygen atoms in total. The van der Waals surface area contributed by atoms with Crippen molar-refractivity contribution in [3.63, 3.8) is 0 Å². The normalized spacial score (nSPS) is 14.9. The van der Waals surface area contributed by atoms with Crippen LogP contribution >= 0.6 is 0 Å². The molecule has 28 heavy (non-hydrogen) atoms. The predicted molar refractivity (Wildman–Crippen MR) is 121 cm³/mol. The number of hydrogen-bond donors (Lipinski definition) is 0. The van der Waals surface area contributed by atoms with Crippen LogP contribution in [0.4, 0.5) is 0 Å². The van der Waals surface area contributed by atoms with Crippen LogP contribution in [0, 0.1) is 11.8 Å². The maximum atomic E-state index is 13.2. The van der Waals surface area contributed by atoms with Crippen LogP contribution in [0.1, 0.15) is 67.2 Å². The maximum Gasteiger partial charge on any atom is 0.334 e. The fraction of sp³-hybridized carbons (Fsp3) is 0.952. The Morgan fingerprint density at radius 1 is 0.643 bits per heavy atom. The lowest BCUT2D eigenvalue weighted by Gasteiger charge is -2.30. The molecule has 0 aromatic rings. The highest BCUT2D eigenvalue weighted by Gasteiger charge is 2.36. The fourth-order valence-corrected chi connectivity index (χ4v) is 8.83. The second kappa shape index (κ2) is 14.9. The Kier molecular flexibility index (Phi) is 14.8. The van der Waals surface area contributed by atoms with Gasteiger partial charge in [0.2, 0.25) is 0 Å². The SMILES string of the molecule is CCO[Si](C)(CCC(CC)C(=O)C(CC)CC[Si](C)(OCC)OCC)OCC. The molecule has 7 heteroatoms. The zero-order valence-corrected chi connectivity index (χ0v) is 21.8. The van der Waals surface area contributed by atoms with E-state index in [9.17, 15) is 4.79 Å². The van der Waals surface area contributed by atoms with Gasteiger partial charge in [0.25, 0.3) is 0 Å². The zero-order valence-electron chi connectivity index (χ0n) is 19.8. The third-order valence-electron chi connectivity index (χ3n) is 5.48. The van der Waals surface area contributed by atoms with Crippen LogP contribution in [0.25, 0.3) is 0 Å². The number of hydrogen-bond acceptors (Lipinski definition) is 5. The number of rotatable bonds is 18. The van der Waals surface area contributed by atoms with E-state index in [1.165, 1.54) is 0 Å². The predicted octanol–water partition coefficient (Wildman–Crippen LogP) is 5.68. The number of Topliss-reactive ketones (excluding diaryl/α,β-unsaturated/α-hetero) is 1. The lowest BCUT2D eigenvalue weighted by molar-refractivity contribution is -0.127. The van der Waals surface area contributed by atoms with Crippen molar-refractivity contribution >= 4 is 22.9 Å². The second-order valence-corrected chi connectivity index (χ2v) is 14.4. The van der Waals surface area contributed by atoms with E-state index in [2.05, 4.69) is 26.9 Å². The third-order valence-corrected chi connectivity index (χ3v) is 11.5. The van der Waals surface area contributed by atoms with Gasteiger partial charge in [0.15, 0.2) is 0 Å². The molecule has 0 saturated heterocycles. The van der Waals surface area contributed by atoms with Crippen LogP contribution in [0.3, 0.4) is 0 Å². The van der Waals surface area contributed by atoms with Crippen LogP contribution in [0.5, 0.6) is 0 Å². The van der Waals surface area contributed by atoms with Gasteiger partial charge < -0.3 is 17.7 Å². The molecular weight excluding hydrogens is 388 g/mol. The third kappa shape index (κ3) is 10.1. The smallest absolute Gasteiger partial charge is 0.334 e. The van der Waals surface area contributed by atoms with Crippen LogP contribution in [-0.2, 0) is 22.5 Å². The highest BCUT2D eigenvalue weighted by Crippen LogP contribution is 2.29. The molecule has 0 aliphatic carbocycles. The minimum Gasteiger partial charge on any atom is -0.395 e. The van der Waals surface area contributed by atoms with Gasteiger partial charge in [0.05, 0.1) is 0 Å². The Labute approximate surface area is 176 Å². The summed E-state index contributed by atoms with van der Waals surface area (Å²) in [4.78, 5) is 13.2. The molecule has 0 heterocycles. The van der Waals surface area contributed by atoms with Crippen molar-refractivity contribution in [2.75, 3.05) is 26.4 Å². The number of carbonyl (C=O) groups excluding carboxylic acids is 1. The highest BCUT2D eigenvalue weighted by atomic mass is 28.4. The Hall–Kier alpha value is -0.0562. The van der Waals surface area contributed by atoms with E-state index in [4.69, 9.17) is 17.7 Å². The van der Waals surface area contributed by atoms with E-state index in [1.54, 1.807) is 0 Å². The van der Waals surface area contributed by atoms with Crippen molar-refractivity contribution in [2.24, 2.45) is 11.8 Å². The van der Waals surface area contributed by atoms with E-state index >= 15 is 0 Å². The lowest BCUT2D eigenvalue weighted by atomic mass is 9.86. The van der Waals surface area contributed by atoms with Gasteiger partial charge in [-0.3, -0.25) is 4.79 Å². The first-order valence-corrected chi connectivity index (χ1v) is 16.4. The summed E-state index contributed by atoms with van der Waals surface area (Å²) in [5.74, 6) is 0.577. The Morgan fingerprint density at radius 2 is 0.929 bits per heavy atom. The number of carbonyl (C=O) groups is 1. The van der Waals surface area contributed by atoms with Crippen molar-refractivity contribution in [1.82, 2.24) is 0 Å². The maximum absolute atomic E-state index is 13.2. The minimum absolute atomic E-state index is 0.0878. The molecule has 168 valence electrons. The van der Waals surface area contributed by atoms with Crippen molar-refractivity contribution in [3.05, 3.63) is 0 Å². The molecule has 0 radical (unpaired) electrons. The second-order valence-electron chi connectivity index (χ2n) is 7.69. The first-order chi connectivity index (χ1) is 13.2. The molecule has 0 N–H and O–H groups in total. The summed E-state index contributed by atoms with van der Waals surface area (Å²) in [7, 11) is -4.35. The van der Waals surface area contributed by atoms with Crippen LogP contribution in [0.15, 0.2) is 0 Å². The minimum atomic E-state index is -2.17. The quantitative estimate of drug-likeness (QED) is 0.260. The van der Waals surface area contributed by atoms with Crippen molar-refractivity contribution < 1.29 is 22.5 Å². The topological polar surface area (TPSA) is 54.0 Å². The molecule has 0 bridgehead atoms. The summed E-state index contributed by atoms with van der Waals surface area (Å²) < 4.78 is 23.8. The van der Waals surface area contributed by atoms with E-state index in [-0.39, 0.29) is 11.8 Å². The van der Waals surface area contributed by atoms with Gasteiger partial charge in [-0.25, -0.2) is 0 Å². The summed E-state index contributed by atoms with van der Waals surface area (Å²) in [6, 6.07) is 1.75. The molecule has 0 aliphatic rings. The van der Waals surface area contributed by atoms with Gasteiger partial charge in [0, 0.05) is 38.3 Å².